The van der Waals surface area contributed by atoms with Crippen molar-refractivity contribution in [3.05, 3.63) is 125 Å². The van der Waals surface area contributed by atoms with Crippen LogP contribution >= 0.6 is 27.3 Å². The second-order valence-electron chi connectivity index (χ2n) is 9.25. The van der Waals surface area contributed by atoms with E-state index in [9.17, 15) is 14.4 Å². The molecule has 0 fully saturated rings. The molecule has 200 valence electrons. The molecule has 1 atom stereocenters. The number of likely N-dealkylation sites (N-methyl/N-ethyl adjacent to an activating group) is 1. The number of hydrogen-bond donors (Lipinski definition) is 0. The van der Waals surface area contributed by atoms with Crippen molar-refractivity contribution in [1.82, 2.24) is 4.57 Å². The Morgan fingerprint density at radius 3 is 2.38 bits per heavy atom. The normalized spacial score (nSPS) is 17.4. The van der Waals surface area contributed by atoms with Crippen LogP contribution in [0.5, 0.6) is 0 Å². The molecule has 0 saturated heterocycles. The van der Waals surface area contributed by atoms with Crippen LogP contribution < -0.4 is 19.8 Å². The Morgan fingerprint density at radius 2 is 1.70 bits per heavy atom. The standard InChI is InChI=1S/C31H24BrN3O4S/c1-3-34-22-16-15-20(32)17-21(22)23(28(34)36)27-29(37)35-26(19-13-9-6-10-14-19)24(30(38)39-4-2)25(33-31(35)40-27)18-11-7-5-8-12-18/h5-17,26H,3-4H2,1-2H3/b27-23+/t26-/m1/s1. The molecule has 6 rings (SSSR count). The Balaban J connectivity index is 1.72. The molecule has 0 bridgehead atoms. The molecule has 0 unspecified atom stereocenters. The van der Waals surface area contributed by atoms with E-state index in [1.807, 2.05) is 85.8 Å². The topological polar surface area (TPSA) is 81.0 Å². The van der Waals surface area contributed by atoms with Crippen molar-refractivity contribution in [2.24, 2.45) is 4.99 Å². The molecule has 3 aromatic carbocycles. The van der Waals surface area contributed by atoms with Gasteiger partial charge in [0.2, 0.25) is 0 Å². The highest BCUT2D eigenvalue weighted by molar-refractivity contribution is 9.10. The number of esters is 1. The van der Waals surface area contributed by atoms with Crippen LogP contribution in [0.1, 0.15) is 36.6 Å². The smallest absolute Gasteiger partial charge is 0.338 e. The largest absolute Gasteiger partial charge is 0.463 e. The minimum atomic E-state index is -0.790. The zero-order valence-electron chi connectivity index (χ0n) is 21.8. The van der Waals surface area contributed by atoms with Gasteiger partial charge in [-0.15, -0.1) is 0 Å². The van der Waals surface area contributed by atoms with E-state index >= 15 is 0 Å². The van der Waals surface area contributed by atoms with Crippen molar-refractivity contribution in [3.8, 4) is 0 Å². The summed E-state index contributed by atoms with van der Waals surface area (Å²) in [6, 6.07) is 23.6. The highest BCUT2D eigenvalue weighted by Crippen LogP contribution is 2.38. The van der Waals surface area contributed by atoms with Gasteiger partial charge in [-0.2, -0.15) is 0 Å². The number of halogens is 1. The quantitative estimate of drug-likeness (QED) is 0.312. The maximum Gasteiger partial charge on any atom is 0.338 e. The molecule has 0 radical (unpaired) electrons. The van der Waals surface area contributed by atoms with Crippen LogP contribution in [0.4, 0.5) is 5.69 Å². The Morgan fingerprint density at radius 1 is 1.00 bits per heavy atom. The number of aromatic nitrogens is 1. The van der Waals surface area contributed by atoms with E-state index in [4.69, 9.17) is 9.73 Å². The van der Waals surface area contributed by atoms with Gasteiger partial charge in [0.25, 0.3) is 11.5 Å². The van der Waals surface area contributed by atoms with Crippen LogP contribution in [0, 0.1) is 0 Å². The van der Waals surface area contributed by atoms with E-state index in [1.54, 1.807) is 11.8 Å². The van der Waals surface area contributed by atoms with Gasteiger partial charge in [-0.05, 0) is 37.6 Å². The molecule has 1 amide bonds. The number of carbonyl (C=O) groups excluding carboxylic acids is 2. The van der Waals surface area contributed by atoms with Gasteiger partial charge in [0.1, 0.15) is 4.53 Å². The number of fused-ring (bicyclic) bond motifs is 2. The van der Waals surface area contributed by atoms with Gasteiger partial charge in [-0.1, -0.05) is 87.9 Å². The lowest BCUT2D eigenvalue weighted by Gasteiger charge is -2.25. The number of amides is 1. The first-order valence-electron chi connectivity index (χ1n) is 12.9. The third-order valence-corrected chi connectivity index (χ3v) is 8.53. The highest BCUT2D eigenvalue weighted by atomic mass is 79.9. The van der Waals surface area contributed by atoms with E-state index in [0.29, 0.717) is 28.2 Å². The van der Waals surface area contributed by atoms with Crippen molar-refractivity contribution in [2.45, 2.75) is 19.9 Å². The van der Waals surface area contributed by atoms with Crippen molar-refractivity contribution >= 4 is 56.1 Å². The molecule has 7 nitrogen and oxygen atoms in total. The average Bonchev–Trinajstić information content (AvgIpc) is 3.44. The number of anilines is 1. The summed E-state index contributed by atoms with van der Waals surface area (Å²) in [5.74, 6) is -0.773. The fourth-order valence-corrected chi connectivity index (χ4v) is 6.73. The summed E-state index contributed by atoms with van der Waals surface area (Å²) >= 11 is 4.68. The summed E-state index contributed by atoms with van der Waals surface area (Å²) in [6.45, 7) is 4.29. The molecule has 0 aliphatic carbocycles. The molecular formula is C31H24BrN3O4S. The Labute approximate surface area is 242 Å². The number of nitrogens with zero attached hydrogens (tertiary/aromatic N) is 3. The Kier molecular flexibility index (Phi) is 6.85. The van der Waals surface area contributed by atoms with E-state index in [1.165, 1.54) is 15.9 Å². The first kappa shape index (κ1) is 26.2. The SMILES string of the molecule is CCOC(=O)C1=C(c2ccccc2)N=c2s/c(=C3/C(=O)N(CC)c4ccc(Br)cc43)c(=O)n2[C@@H]1c1ccccc1. The maximum atomic E-state index is 14.3. The van der Waals surface area contributed by atoms with Crippen LogP contribution in [0.2, 0.25) is 0 Å². The second kappa shape index (κ2) is 10.5. The van der Waals surface area contributed by atoms with Gasteiger partial charge >= 0.3 is 5.97 Å². The van der Waals surface area contributed by atoms with Crippen molar-refractivity contribution in [1.29, 1.82) is 0 Å². The minimum Gasteiger partial charge on any atom is -0.463 e. The third-order valence-electron chi connectivity index (χ3n) is 6.99. The van der Waals surface area contributed by atoms with Crippen LogP contribution in [0.15, 0.2) is 98.7 Å². The summed E-state index contributed by atoms with van der Waals surface area (Å²) in [7, 11) is 0. The second-order valence-corrected chi connectivity index (χ2v) is 11.1. The lowest BCUT2D eigenvalue weighted by atomic mass is 9.93. The van der Waals surface area contributed by atoms with Crippen LogP contribution in [0.25, 0.3) is 11.3 Å². The lowest BCUT2D eigenvalue weighted by Crippen LogP contribution is -2.41. The molecule has 9 heteroatoms. The van der Waals surface area contributed by atoms with Gasteiger partial charge in [0, 0.05) is 22.1 Å². The average molecular weight is 615 g/mol. The molecule has 3 heterocycles. The summed E-state index contributed by atoms with van der Waals surface area (Å²) in [5, 5.41) is 0. The van der Waals surface area contributed by atoms with Crippen LogP contribution in [-0.2, 0) is 14.3 Å². The number of hydrogen-bond acceptors (Lipinski definition) is 6. The van der Waals surface area contributed by atoms with Crippen molar-refractivity contribution < 1.29 is 14.3 Å². The molecule has 2 aliphatic heterocycles. The van der Waals surface area contributed by atoms with Gasteiger partial charge in [0.15, 0.2) is 4.80 Å². The number of rotatable bonds is 5. The Bertz CT molecular complexity index is 1880. The number of carbonyl (C=O) groups is 2. The van der Waals surface area contributed by atoms with E-state index in [2.05, 4.69) is 15.9 Å². The predicted molar refractivity (Wildman–Crippen MR) is 159 cm³/mol. The van der Waals surface area contributed by atoms with E-state index < -0.39 is 12.0 Å². The Hall–Kier alpha value is -4.08. The van der Waals surface area contributed by atoms with Crippen molar-refractivity contribution in [3.63, 3.8) is 0 Å². The predicted octanol–water partition coefficient (Wildman–Crippen LogP) is 4.43. The summed E-state index contributed by atoms with van der Waals surface area (Å²) in [5.41, 5.74) is 3.61. The van der Waals surface area contributed by atoms with E-state index in [-0.39, 0.29) is 28.2 Å². The van der Waals surface area contributed by atoms with Gasteiger partial charge in [-0.3, -0.25) is 14.2 Å². The molecule has 2 aliphatic rings. The molecule has 0 saturated carbocycles. The van der Waals surface area contributed by atoms with Gasteiger partial charge in [-0.25, -0.2) is 9.79 Å². The zero-order valence-corrected chi connectivity index (χ0v) is 24.2. The van der Waals surface area contributed by atoms with Gasteiger partial charge < -0.3 is 9.64 Å². The molecule has 1 aromatic heterocycles. The van der Waals surface area contributed by atoms with Crippen LogP contribution in [-0.4, -0.2) is 29.6 Å². The monoisotopic (exact) mass is 613 g/mol. The first-order valence-corrected chi connectivity index (χ1v) is 14.5. The minimum absolute atomic E-state index is 0.174. The summed E-state index contributed by atoms with van der Waals surface area (Å²) in [6.07, 6.45) is 0. The third kappa shape index (κ3) is 4.17. The van der Waals surface area contributed by atoms with Crippen LogP contribution in [0.3, 0.4) is 0 Å². The van der Waals surface area contributed by atoms with E-state index in [0.717, 1.165) is 21.3 Å². The molecule has 4 aromatic rings. The fraction of sp³-hybridized carbons (Fsp3) is 0.161. The maximum absolute atomic E-state index is 14.3. The zero-order chi connectivity index (χ0) is 28.0. The molecule has 0 N–H and O–H groups in total. The highest BCUT2D eigenvalue weighted by Gasteiger charge is 2.38. The molecule has 0 spiro atoms. The number of ether oxygens (including phenoxy) is 1. The molecular weight excluding hydrogens is 590 g/mol. The summed E-state index contributed by atoms with van der Waals surface area (Å²) in [4.78, 5) is 48.5. The molecule has 40 heavy (non-hydrogen) atoms. The van der Waals surface area contributed by atoms with Gasteiger partial charge in [0.05, 0.1) is 35.2 Å². The number of thiazole rings is 1. The lowest BCUT2D eigenvalue weighted by molar-refractivity contribution is -0.138. The van der Waals surface area contributed by atoms with Crippen molar-refractivity contribution in [2.75, 3.05) is 18.1 Å². The summed E-state index contributed by atoms with van der Waals surface area (Å²) < 4.78 is 8.14. The number of benzene rings is 3. The first-order chi connectivity index (χ1) is 19.4. The fourth-order valence-electron chi connectivity index (χ4n) is 5.28.